The first-order valence-electron chi connectivity index (χ1n) is 6.72. The van der Waals surface area contributed by atoms with E-state index in [0.717, 1.165) is 17.3 Å². The highest BCUT2D eigenvalue weighted by atomic mass is 35.5. The summed E-state index contributed by atoms with van der Waals surface area (Å²) in [6, 6.07) is 14.4. The molecule has 0 heterocycles. The Hall–Kier alpha value is -1.51. The van der Waals surface area contributed by atoms with E-state index in [1.165, 1.54) is 16.7 Å². The molecule has 0 radical (unpaired) electrons. The van der Waals surface area contributed by atoms with Crippen molar-refractivity contribution >= 4 is 11.6 Å². The van der Waals surface area contributed by atoms with E-state index in [2.05, 4.69) is 37.4 Å². The van der Waals surface area contributed by atoms with Gasteiger partial charge in [-0.2, -0.15) is 0 Å². The Bertz CT molecular complexity index is 583. The maximum atomic E-state index is 6.03. The van der Waals surface area contributed by atoms with Crippen molar-refractivity contribution < 1.29 is 4.74 Å². The minimum atomic E-state index is 0.235. The number of rotatable bonds is 5. The average molecular weight is 290 g/mol. The molecule has 20 heavy (non-hydrogen) atoms. The quantitative estimate of drug-likeness (QED) is 0.874. The summed E-state index contributed by atoms with van der Waals surface area (Å²) in [5.41, 5.74) is 3.59. The topological polar surface area (TPSA) is 21.3 Å². The second kappa shape index (κ2) is 6.78. The molecule has 0 aliphatic carbocycles. The molecule has 0 bridgehead atoms. The summed E-state index contributed by atoms with van der Waals surface area (Å²) in [4.78, 5) is 0. The third-order valence-corrected chi connectivity index (χ3v) is 3.62. The van der Waals surface area contributed by atoms with E-state index in [4.69, 9.17) is 16.3 Å². The normalized spacial score (nSPS) is 12.2. The van der Waals surface area contributed by atoms with Crippen LogP contribution in [0.5, 0.6) is 5.75 Å². The Morgan fingerprint density at radius 2 is 2.00 bits per heavy atom. The minimum absolute atomic E-state index is 0.235. The molecule has 2 aromatic rings. The van der Waals surface area contributed by atoms with Gasteiger partial charge >= 0.3 is 0 Å². The summed E-state index contributed by atoms with van der Waals surface area (Å²) in [5.74, 6) is 0.918. The van der Waals surface area contributed by atoms with Gasteiger partial charge in [0.25, 0.3) is 0 Å². The molecule has 1 N–H and O–H groups in total. The van der Waals surface area contributed by atoms with Gasteiger partial charge in [0.05, 0.1) is 7.11 Å². The monoisotopic (exact) mass is 289 g/mol. The summed E-state index contributed by atoms with van der Waals surface area (Å²) in [6.45, 7) is 4.98. The smallest absolute Gasteiger partial charge is 0.123 e. The summed E-state index contributed by atoms with van der Waals surface area (Å²) >= 11 is 6.03. The molecule has 0 saturated heterocycles. The highest BCUT2D eigenvalue weighted by molar-refractivity contribution is 6.30. The molecule has 2 nitrogen and oxygen atoms in total. The standard InChI is InChI=1S/C17H20ClNO/c1-12-7-8-17(20-3)15(9-12)11-19-13(2)14-5-4-6-16(18)10-14/h4-10,13,19H,11H2,1-3H3/t13-/m0/s1. The molecule has 3 heteroatoms. The van der Waals surface area contributed by atoms with Crippen molar-refractivity contribution in [2.24, 2.45) is 0 Å². The van der Waals surface area contributed by atoms with Gasteiger partial charge in [-0.1, -0.05) is 41.4 Å². The second-order valence-electron chi connectivity index (χ2n) is 4.97. The highest BCUT2D eigenvalue weighted by Crippen LogP contribution is 2.22. The van der Waals surface area contributed by atoms with Crippen LogP contribution >= 0.6 is 11.6 Å². The Balaban J connectivity index is 2.06. The fourth-order valence-corrected chi connectivity index (χ4v) is 2.40. The lowest BCUT2D eigenvalue weighted by Crippen LogP contribution is -2.18. The molecule has 0 aromatic heterocycles. The van der Waals surface area contributed by atoms with E-state index < -0.39 is 0 Å². The Kier molecular flexibility index (Phi) is 5.05. The number of nitrogens with one attached hydrogen (secondary N) is 1. The van der Waals surface area contributed by atoms with Crippen LogP contribution in [0.25, 0.3) is 0 Å². The van der Waals surface area contributed by atoms with Crippen molar-refractivity contribution in [2.75, 3.05) is 7.11 Å². The number of aryl methyl sites for hydroxylation is 1. The van der Waals surface area contributed by atoms with E-state index in [1.807, 2.05) is 24.3 Å². The molecule has 1 atom stereocenters. The van der Waals surface area contributed by atoms with Gasteiger partial charge in [-0.3, -0.25) is 0 Å². The number of hydrogen-bond donors (Lipinski definition) is 1. The van der Waals surface area contributed by atoms with Crippen molar-refractivity contribution in [1.82, 2.24) is 5.32 Å². The molecule has 0 aliphatic rings. The van der Waals surface area contributed by atoms with E-state index in [1.54, 1.807) is 7.11 Å². The molecule has 0 fully saturated rings. The lowest BCUT2D eigenvalue weighted by molar-refractivity contribution is 0.406. The van der Waals surface area contributed by atoms with Crippen molar-refractivity contribution in [3.63, 3.8) is 0 Å². The average Bonchev–Trinajstić information content (AvgIpc) is 2.45. The van der Waals surface area contributed by atoms with Crippen LogP contribution in [-0.4, -0.2) is 7.11 Å². The maximum Gasteiger partial charge on any atom is 0.123 e. The molecule has 0 amide bonds. The van der Waals surface area contributed by atoms with Crippen molar-refractivity contribution in [2.45, 2.75) is 26.4 Å². The summed E-state index contributed by atoms with van der Waals surface area (Å²) in [7, 11) is 1.70. The lowest BCUT2D eigenvalue weighted by Gasteiger charge is -2.16. The van der Waals surface area contributed by atoms with Gasteiger partial charge in [0.1, 0.15) is 5.75 Å². The first-order chi connectivity index (χ1) is 9.60. The first-order valence-corrected chi connectivity index (χ1v) is 7.10. The van der Waals surface area contributed by atoms with Crippen LogP contribution in [0, 0.1) is 6.92 Å². The number of halogens is 1. The fourth-order valence-electron chi connectivity index (χ4n) is 2.20. The number of hydrogen-bond acceptors (Lipinski definition) is 2. The zero-order valence-corrected chi connectivity index (χ0v) is 12.9. The van der Waals surface area contributed by atoms with Crippen LogP contribution in [0.15, 0.2) is 42.5 Å². The van der Waals surface area contributed by atoms with Crippen LogP contribution in [0.1, 0.15) is 29.7 Å². The van der Waals surface area contributed by atoms with E-state index in [9.17, 15) is 0 Å². The van der Waals surface area contributed by atoms with Gasteiger partial charge in [-0.15, -0.1) is 0 Å². The highest BCUT2D eigenvalue weighted by Gasteiger charge is 2.08. The van der Waals surface area contributed by atoms with Crippen LogP contribution in [0.2, 0.25) is 5.02 Å². The fraction of sp³-hybridized carbons (Fsp3) is 0.294. The molecular formula is C17H20ClNO. The Morgan fingerprint density at radius 1 is 1.20 bits per heavy atom. The second-order valence-corrected chi connectivity index (χ2v) is 5.41. The van der Waals surface area contributed by atoms with Gasteiger partial charge in [-0.25, -0.2) is 0 Å². The summed E-state index contributed by atoms with van der Waals surface area (Å²) < 4.78 is 5.40. The molecule has 0 unspecified atom stereocenters. The van der Waals surface area contributed by atoms with Gasteiger partial charge < -0.3 is 10.1 Å². The number of ether oxygens (including phenoxy) is 1. The number of methoxy groups -OCH3 is 1. The summed E-state index contributed by atoms with van der Waals surface area (Å²) in [5, 5.41) is 4.27. The van der Waals surface area contributed by atoms with Crippen LogP contribution in [0.3, 0.4) is 0 Å². The van der Waals surface area contributed by atoms with E-state index >= 15 is 0 Å². The zero-order chi connectivity index (χ0) is 14.5. The van der Waals surface area contributed by atoms with E-state index in [0.29, 0.717) is 0 Å². The van der Waals surface area contributed by atoms with Gasteiger partial charge in [0, 0.05) is 23.2 Å². The van der Waals surface area contributed by atoms with Crippen molar-refractivity contribution in [3.8, 4) is 5.75 Å². The molecule has 2 rings (SSSR count). The van der Waals surface area contributed by atoms with Crippen LogP contribution < -0.4 is 10.1 Å². The lowest BCUT2D eigenvalue weighted by atomic mass is 10.1. The third kappa shape index (κ3) is 3.75. The SMILES string of the molecule is COc1ccc(C)cc1CN[C@@H](C)c1cccc(Cl)c1. The molecular weight excluding hydrogens is 270 g/mol. The summed E-state index contributed by atoms with van der Waals surface area (Å²) in [6.07, 6.45) is 0. The van der Waals surface area contributed by atoms with E-state index in [-0.39, 0.29) is 6.04 Å². The minimum Gasteiger partial charge on any atom is -0.496 e. The van der Waals surface area contributed by atoms with Gasteiger partial charge in [0.2, 0.25) is 0 Å². The maximum absolute atomic E-state index is 6.03. The first kappa shape index (κ1) is 14.9. The van der Waals surface area contributed by atoms with Gasteiger partial charge in [0.15, 0.2) is 0 Å². The predicted octanol–water partition coefficient (Wildman–Crippen LogP) is 4.51. The predicted molar refractivity (Wildman–Crippen MR) is 84.4 cm³/mol. The molecule has 0 aliphatic heterocycles. The van der Waals surface area contributed by atoms with Crippen LogP contribution in [-0.2, 0) is 6.54 Å². The van der Waals surface area contributed by atoms with Crippen molar-refractivity contribution in [1.29, 1.82) is 0 Å². The van der Waals surface area contributed by atoms with Gasteiger partial charge in [-0.05, 0) is 37.6 Å². The Labute approximate surface area is 125 Å². The Morgan fingerprint density at radius 3 is 2.70 bits per heavy atom. The molecule has 106 valence electrons. The number of benzene rings is 2. The molecule has 2 aromatic carbocycles. The zero-order valence-electron chi connectivity index (χ0n) is 12.1. The van der Waals surface area contributed by atoms with Crippen molar-refractivity contribution in [3.05, 3.63) is 64.2 Å². The van der Waals surface area contributed by atoms with Crippen LogP contribution in [0.4, 0.5) is 0 Å². The third-order valence-electron chi connectivity index (χ3n) is 3.38. The molecule has 0 saturated carbocycles. The largest absolute Gasteiger partial charge is 0.496 e. The molecule has 0 spiro atoms.